The Morgan fingerprint density at radius 2 is 1.75 bits per heavy atom. The summed E-state index contributed by atoms with van der Waals surface area (Å²) in [6.45, 7) is 9.36. The minimum absolute atomic E-state index is 0.146. The molecule has 1 aromatic carbocycles. The number of para-hydroxylation sites is 1. The van der Waals surface area contributed by atoms with Crippen LogP contribution in [0.3, 0.4) is 0 Å². The van der Waals surface area contributed by atoms with Crippen LogP contribution >= 0.6 is 0 Å². The van der Waals surface area contributed by atoms with Crippen molar-refractivity contribution in [2.45, 2.75) is 89.6 Å². The first-order valence-corrected chi connectivity index (χ1v) is 15.9. The van der Waals surface area contributed by atoms with Crippen molar-refractivity contribution in [3.63, 3.8) is 0 Å². The van der Waals surface area contributed by atoms with Gasteiger partial charge >= 0.3 is 6.09 Å². The fraction of sp³-hybridized carbons (Fsp3) is 0.576. The molecule has 2 aliphatic heterocycles. The number of carbonyl (C=O) groups is 1. The molecule has 3 fully saturated rings. The average Bonchev–Trinajstić information content (AvgIpc) is 3.43. The topological polar surface area (TPSA) is 132 Å². The van der Waals surface area contributed by atoms with Crippen molar-refractivity contribution in [1.82, 2.24) is 29.8 Å². The SMILES string of the molecule is CC(C)(C)OC(=O)N1CCC(OC2CC(N3CCC(Cc4cnn(-c5cc(-c6ccccc6O)nnc5N)c4)CC3)C2)CC1. The number of benzene rings is 1. The van der Waals surface area contributed by atoms with E-state index in [2.05, 4.69) is 20.2 Å². The summed E-state index contributed by atoms with van der Waals surface area (Å²) in [5.41, 5.74) is 8.67. The Balaban J connectivity index is 0.930. The zero-order chi connectivity index (χ0) is 30.8. The van der Waals surface area contributed by atoms with Gasteiger partial charge in [0, 0.05) is 30.9 Å². The lowest BCUT2D eigenvalue weighted by atomic mass is 9.84. The van der Waals surface area contributed by atoms with E-state index in [1.54, 1.807) is 22.9 Å². The monoisotopic (exact) mass is 603 g/mol. The van der Waals surface area contributed by atoms with Crippen molar-refractivity contribution in [2.24, 2.45) is 5.92 Å². The number of phenolic OH excluding ortho intramolecular Hbond substituents is 1. The van der Waals surface area contributed by atoms with E-state index in [0.29, 0.717) is 53.9 Å². The van der Waals surface area contributed by atoms with Gasteiger partial charge in [-0.1, -0.05) is 12.1 Å². The molecule has 0 unspecified atom stereocenters. The summed E-state index contributed by atoms with van der Waals surface area (Å²) in [5, 5.41) is 23.1. The summed E-state index contributed by atoms with van der Waals surface area (Å²) in [6.07, 6.45) is 11.6. The normalized spacial score (nSPS) is 22.1. The van der Waals surface area contributed by atoms with Crippen molar-refractivity contribution < 1.29 is 19.4 Å². The number of aromatic hydroxyl groups is 1. The van der Waals surface area contributed by atoms with Gasteiger partial charge in [-0.25, -0.2) is 9.48 Å². The fourth-order valence-electron chi connectivity index (χ4n) is 6.57. The van der Waals surface area contributed by atoms with Crippen LogP contribution in [0, 0.1) is 5.92 Å². The number of ether oxygens (including phenoxy) is 2. The Bertz CT molecular complexity index is 1430. The van der Waals surface area contributed by atoms with Gasteiger partial charge in [0.05, 0.1) is 24.1 Å². The Hall–Kier alpha value is -3.70. The smallest absolute Gasteiger partial charge is 0.410 e. The third-order valence-electron chi connectivity index (χ3n) is 9.10. The molecule has 1 amide bonds. The standard InChI is InChI=1S/C33H45N7O4/c1-33(2,3)44-32(42)39-14-10-25(11-15-39)43-26-17-24(18-26)38-12-8-22(9-13-38)16-23-20-35-40(21-23)29-19-28(36-37-31(29)34)27-6-4-5-7-30(27)41/h4-7,19-22,24-26,41H,8-18H2,1-3H3,(H2,34,37). The largest absolute Gasteiger partial charge is 0.507 e. The van der Waals surface area contributed by atoms with Crippen LogP contribution in [-0.4, -0.2) is 91.0 Å². The number of aromatic nitrogens is 4. The highest BCUT2D eigenvalue weighted by atomic mass is 16.6. The molecule has 4 heterocycles. The molecule has 44 heavy (non-hydrogen) atoms. The summed E-state index contributed by atoms with van der Waals surface area (Å²) in [4.78, 5) is 16.8. The number of hydrogen-bond acceptors (Lipinski definition) is 9. The minimum atomic E-state index is -0.461. The van der Waals surface area contributed by atoms with Crippen LogP contribution in [-0.2, 0) is 15.9 Å². The lowest BCUT2D eigenvalue weighted by Gasteiger charge is -2.47. The minimum Gasteiger partial charge on any atom is -0.507 e. The second-order valence-corrected chi connectivity index (χ2v) is 13.5. The number of rotatable bonds is 7. The Labute approximate surface area is 259 Å². The van der Waals surface area contributed by atoms with E-state index in [0.717, 1.165) is 45.2 Å². The lowest BCUT2D eigenvalue weighted by molar-refractivity contribution is -0.106. The Kier molecular flexibility index (Phi) is 8.77. The number of hydrogen-bond donors (Lipinski definition) is 2. The van der Waals surface area contributed by atoms with E-state index in [1.807, 2.05) is 50.2 Å². The van der Waals surface area contributed by atoms with E-state index < -0.39 is 5.60 Å². The van der Waals surface area contributed by atoms with Crippen LogP contribution in [0.1, 0.15) is 64.9 Å². The van der Waals surface area contributed by atoms with Gasteiger partial charge in [0.15, 0.2) is 5.82 Å². The molecule has 11 heteroatoms. The molecular formula is C33H45N7O4. The van der Waals surface area contributed by atoms with E-state index in [1.165, 1.54) is 18.4 Å². The molecule has 1 saturated carbocycles. The average molecular weight is 604 g/mol. The van der Waals surface area contributed by atoms with Gasteiger partial charge in [-0.3, -0.25) is 0 Å². The predicted molar refractivity (Wildman–Crippen MR) is 167 cm³/mol. The number of likely N-dealkylation sites (tertiary alicyclic amines) is 2. The molecule has 236 valence electrons. The molecular weight excluding hydrogens is 558 g/mol. The van der Waals surface area contributed by atoms with Crippen molar-refractivity contribution in [1.29, 1.82) is 0 Å². The molecule has 1 aliphatic carbocycles. The maximum atomic E-state index is 12.3. The van der Waals surface area contributed by atoms with Crippen LogP contribution in [0.15, 0.2) is 42.7 Å². The second-order valence-electron chi connectivity index (χ2n) is 13.5. The third-order valence-corrected chi connectivity index (χ3v) is 9.10. The van der Waals surface area contributed by atoms with Gasteiger partial charge in [0.25, 0.3) is 0 Å². The molecule has 11 nitrogen and oxygen atoms in total. The van der Waals surface area contributed by atoms with Gasteiger partial charge in [0.1, 0.15) is 17.0 Å². The molecule has 3 aliphatic rings. The van der Waals surface area contributed by atoms with Crippen LogP contribution in [0.5, 0.6) is 5.75 Å². The van der Waals surface area contributed by atoms with Crippen molar-refractivity contribution in [3.05, 3.63) is 48.3 Å². The number of nitrogens with zero attached hydrogens (tertiary/aromatic N) is 6. The molecule has 6 rings (SSSR count). The van der Waals surface area contributed by atoms with Crippen molar-refractivity contribution in [2.75, 3.05) is 31.9 Å². The fourth-order valence-corrected chi connectivity index (χ4v) is 6.57. The summed E-state index contributed by atoms with van der Waals surface area (Å²) < 4.78 is 13.7. The molecule has 0 spiro atoms. The highest BCUT2D eigenvalue weighted by Crippen LogP contribution is 2.34. The van der Waals surface area contributed by atoms with Crippen molar-refractivity contribution in [3.8, 4) is 22.7 Å². The second kappa shape index (κ2) is 12.7. The van der Waals surface area contributed by atoms with Crippen molar-refractivity contribution >= 4 is 11.9 Å². The third kappa shape index (κ3) is 7.15. The highest BCUT2D eigenvalue weighted by Gasteiger charge is 2.38. The molecule has 3 aromatic rings. The lowest BCUT2D eigenvalue weighted by Crippen LogP contribution is -2.52. The quantitative estimate of drug-likeness (QED) is 0.390. The maximum absolute atomic E-state index is 12.3. The van der Waals surface area contributed by atoms with Gasteiger partial charge in [-0.2, -0.15) is 5.10 Å². The first-order valence-electron chi connectivity index (χ1n) is 15.9. The van der Waals surface area contributed by atoms with Gasteiger partial charge < -0.3 is 30.1 Å². The Morgan fingerprint density at radius 3 is 2.45 bits per heavy atom. The van der Waals surface area contributed by atoms with Gasteiger partial charge in [-0.05, 0) is 108 Å². The van der Waals surface area contributed by atoms with Gasteiger partial charge in [0.2, 0.25) is 0 Å². The maximum Gasteiger partial charge on any atom is 0.410 e. The number of amides is 1. The molecule has 2 saturated heterocycles. The summed E-state index contributed by atoms with van der Waals surface area (Å²) >= 11 is 0. The number of phenols is 1. The number of anilines is 1. The van der Waals surface area contributed by atoms with E-state index in [-0.39, 0.29) is 17.9 Å². The zero-order valence-electron chi connectivity index (χ0n) is 26.1. The molecule has 3 N–H and O–H groups in total. The number of nitrogen functional groups attached to an aromatic ring is 1. The summed E-state index contributed by atoms with van der Waals surface area (Å²) in [5.74, 6) is 1.06. The van der Waals surface area contributed by atoms with Crippen LogP contribution in [0.4, 0.5) is 10.6 Å². The molecule has 0 bridgehead atoms. The number of nitrogens with two attached hydrogens (primary N) is 1. The van der Waals surface area contributed by atoms with Crippen LogP contribution in [0.2, 0.25) is 0 Å². The summed E-state index contributed by atoms with van der Waals surface area (Å²) in [7, 11) is 0. The highest BCUT2D eigenvalue weighted by molar-refractivity contribution is 5.70. The first-order chi connectivity index (χ1) is 21.1. The number of carbonyl (C=O) groups excluding carboxylic acids is 1. The molecule has 0 radical (unpaired) electrons. The Morgan fingerprint density at radius 1 is 1.02 bits per heavy atom. The predicted octanol–water partition coefficient (Wildman–Crippen LogP) is 4.82. The van der Waals surface area contributed by atoms with Crippen LogP contribution < -0.4 is 5.73 Å². The van der Waals surface area contributed by atoms with E-state index in [4.69, 9.17) is 15.2 Å². The number of piperidine rings is 2. The molecule has 0 atom stereocenters. The first kappa shape index (κ1) is 30.3. The molecule has 2 aromatic heterocycles. The summed E-state index contributed by atoms with van der Waals surface area (Å²) in [6, 6.07) is 9.48. The zero-order valence-corrected chi connectivity index (χ0v) is 26.1. The van der Waals surface area contributed by atoms with Crippen LogP contribution in [0.25, 0.3) is 16.9 Å². The van der Waals surface area contributed by atoms with Gasteiger partial charge in [-0.15, -0.1) is 10.2 Å². The van der Waals surface area contributed by atoms with E-state index >= 15 is 0 Å². The van der Waals surface area contributed by atoms with E-state index in [9.17, 15) is 9.90 Å².